The molecule has 7 nitrogen and oxygen atoms in total. The summed E-state index contributed by atoms with van der Waals surface area (Å²) >= 11 is 3.31. The second-order valence-corrected chi connectivity index (χ2v) is 10.2. The van der Waals surface area contributed by atoms with Crippen LogP contribution >= 0.6 is 15.9 Å². The van der Waals surface area contributed by atoms with Crippen LogP contribution in [0.4, 0.5) is 11.4 Å². The molecule has 0 fully saturated rings. The Labute approximate surface area is 193 Å². The van der Waals surface area contributed by atoms with Crippen molar-refractivity contribution in [3.63, 3.8) is 0 Å². The Morgan fingerprint density at radius 3 is 2.38 bits per heavy atom. The van der Waals surface area contributed by atoms with Crippen LogP contribution in [0.3, 0.4) is 0 Å². The van der Waals surface area contributed by atoms with Crippen LogP contribution in [0, 0.1) is 6.92 Å². The van der Waals surface area contributed by atoms with E-state index in [0.29, 0.717) is 15.7 Å². The highest BCUT2D eigenvalue weighted by Crippen LogP contribution is 2.40. The van der Waals surface area contributed by atoms with Gasteiger partial charge in [0.05, 0.1) is 11.3 Å². The number of sulfonamides is 1. The molecule has 0 radical (unpaired) electrons. The van der Waals surface area contributed by atoms with E-state index in [1.165, 1.54) is 36.4 Å². The lowest BCUT2D eigenvalue weighted by Gasteiger charge is -2.20. The quantitative estimate of drug-likeness (QED) is 0.430. The molecule has 1 aliphatic rings. The molecular formula is C23H19BrN2O5S. The van der Waals surface area contributed by atoms with E-state index in [9.17, 15) is 23.1 Å². The van der Waals surface area contributed by atoms with E-state index in [1.807, 2.05) is 6.92 Å². The van der Waals surface area contributed by atoms with E-state index in [0.717, 1.165) is 5.56 Å². The standard InChI is InChI=1S/C23H19BrN2O5S/c1-14-2-9-18(10-3-14)32(30,31)26-17-7-4-15(5-8-17)21(27)13-23(29)19-12-16(24)6-11-20(19)25-22(23)28/h2-12,26,29H,13H2,1H3,(H,25,28)/t23-/m0/s1. The van der Waals surface area contributed by atoms with Gasteiger partial charge in [0.2, 0.25) is 0 Å². The van der Waals surface area contributed by atoms with Crippen LogP contribution < -0.4 is 10.0 Å². The Morgan fingerprint density at radius 2 is 1.72 bits per heavy atom. The smallest absolute Gasteiger partial charge is 0.261 e. The van der Waals surface area contributed by atoms with Crippen molar-refractivity contribution in [1.29, 1.82) is 0 Å². The average molecular weight is 515 g/mol. The van der Waals surface area contributed by atoms with Crippen molar-refractivity contribution in [2.45, 2.75) is 23.8 Å². The number of ketones is 1. The minimum absolute atomic E-state index is 0.127. The van der Waals surface area contributed by atoms with E-state index >= 15 is 0 Å². The van der Waals surface area contributed by atoms with Gasteiger partial charge in [-0.25, -0.2) is 8.42 Å². The first-order chi connectivity index (χ1) is 15.1. The predicted octanol–water partition coefficient (Wildman–Crippen LogP) is 3.97. The summed E-state index contributed by atoms with van der Waals surface area (Å²) in [6.45, 7) is 1.86. The molecule has 1 aliphatic heterocycles. The first kappa shape index (κ1) is 22.2. The minimum atomic E-state index is -3.77. The fourth-order valence-electron chi connectivity index (χ4n) is 3.48. The summed E-state index contributed by atoms with van der Waals surface area (Å²) in [6.07, 6.45) is -0.448. The molecule has 1 heterocycles. The van der Waals surface area contributed by atoms with E-state index in [1.54, 1.807) is 30.3 Å². The number of rotatable bonds is 6. The summed E-state index contributed by atoms with van der Waals surface area (Å²) in [6, 6.07) is 17.2. The number of amides is 1. The fourth-order valence-corrected chi connectivity index (χ4v) is 4.90. The van der Waals surface area contributed by atoms with Gasteiger partial charge < -0.3 is 10.4 Å². The molecule has 4 rings (SSSR count). The minimum Gasteiger partial charge on any atom is -0.375 e. The maximum Gasteiger partial charge on any atom is 0.261 e. The Hall–Kier alpha value is -3.01. The predicted molar refractivity (Wildman–Crippen MR) is 124 cm³/mol. The number of hydrogen-bond donors (Lipinski definition) is 3. The second-order valence-electron chi connectivity index (χ2n) is 7.60. The van der Waals surface area contributed by atoms with Gasteiger partial charge in [0.25, 0.3) is 15.9 Å². The number of nitrogens with one attached hydrogen (secondary N) is 2. The van der Waals surface area contributed by atoms with Crippen LogP contribution in [-0.4, -0.2) is 25.2 Å². The molecular weight excluding hydrogens is 496 g/mol. The van der Waals surface area contributed by atoms with Crippen molar-refractivity contribution < 1.29 is 23.1 Å². The van der Waals surface area contributed by atoms with Gasteiger partial charge in [-0.3, -0.25) is 14.3 Å². The molecule has 1 amide bonds. The summed E-state index contributed by atoms with van der Waals surface area (Å²) in [4.78, 5) is 25.3. The van der Waals surface area contributed by atoms with Crippen LogP contribution in [0.1, 0.15) is 27.9 Å². The van der Waals surface area contributed by atoms with E-state index in [2.05, 4.69) is 26.0 Å². The zero-order valence-corrected chi connectivity index (χ0v) is 19.3. The molecule has 0 saturated carbocycles. The lowest BCUT2D eigenvalue weighted by Crippen LogP contribution is -2.36. The Balaban J connectivity index is 1.51. The number of aryl methyl sites for hydroxylation is 1. The number of aliphatic hydroxyl groups is 1. The molecule has 164 valence electrons. The highest BCUT2D eigenvalue weighted by atomic mass is 79.9. The number of carbonyl (C=O) groups is 2. The van der Waals surface area contributed by atoms with Crippen molar-refractivity contribution >= 4 is 49.0 Å². The van der Waals surface area contributed by atoms with Gasteiger partial charge in [0.1, 0.15) is 0 Å². The molecule has 0 aromatic heterocycles. The number of hydrogen-bond acceptors (Lipinski definition) is 5. The molecule has 0 spiro atoms. The Bertz CT molecular complexity index is 1320. The lowest BCUT2D eigenvalue weighted by molar-refractivity contribution is -0.133. The third-order valence-corrected chi connectivity index (χ3v) is 7.15. The number of anilines is 2. The van der Waals surface area contributed by atoms with Crippen molar-refractivity contribution in [1.82, 2.24) is 0 Å². The second kappa shape index (κ2) is 8.16. The zero-order chi connectivity index (χ0) is 23.1. The molecule has 0 bridgehead atoms. The number of halogens is 1. The van der Waals surface area contributed by atoms with Gasteiger partial charge in [0, 0.05) is 27.0 Å². The topological polar surface area (TPSA) is 113 Å². The molecule has 32 heavy (non-hydrogen) atoms. The van der Waals surface area contributed by atoms with Gasteiger partial charge in [0.15, 0.2) is 11.4 Å². The number of Topliss-reactive ketones (excluding diaryl/α,β-unsaturated/α-hetero) is 1. The van der Waals surface area contributed by atoms with Crippen LogP contribution in [0.5, 0.6) is 0 Å². The van der Waals surface area contributed by atoms with E-state index in [4.69, 9.17) is 0 Å². The van der Waals surface area contributed by atoms with Gasteiger partial charge in [-0.1, -0.05) is 33.6 Å². The fraction of sp³-hybridized carbons (Fsp3) is 0.130. The lowest BCUT2D eigenvalue weighted by atomic mass is 9.88. The van der Waals surface area contributed by atoms with Gasteiger partial charge in [-0.2, -0.15) is 0 Å². The molecule has 0 unspecified atom stereocenters. The summed E-state index contributed by atoms with van der Waals surface area (Å²) < 4.78 is 28.2. The van der Waals surface area contributed by atoms with Crippen LogP contribution in [0.15, 0.2) is 76.1 Å². The van der Waals surface area contributed by atoms with Gasteiger partial charge in [-0.15, -0.1) is 0 Å². The number of benzene rings is 3. The SMILES string of the molecule is Cc1ccc(S(=O)(=O)Nc2ccc(C(=O)C[C@@]3(O)C(=O)Nc4ccc(Br)cc43)cc2)cc1. The third kappa shape index (κ3) is 4.19. The van der Waals surface area contributed by atoms with Crippen molar-refractivity contribution in [2.24, 2.45) is 0 Å². The van der Waals surface area contributed by atoms with Crippen molar-refractivity contribution in [2.75, 3.05) is 10.0 Å². The highest BCUT2D eigenvalue weighted by Gasteiger charge is 2.46. The summed E-state index contributed by atoms with van der Waals surface area (Å²) in [7, 11) is -3.77. The molecule has 9 heteroatoms. The highest BCUT2D eigenvalue weighted by molar-refractivity contribution is 9.10. The third-order valence-electron chi connectivity index (χ3n) is 5.26. The van der Waals surface area contributed by atoms with Gasteiger partial charge in [-0.05, 0) is 61.5 Å². The Morgan fingerprint density at radius 1 is 1.06 bits per heavy atom. The van der Waals surface area contributed by atoms with Crippen molar-refractivity contribution in [3.8, 4) is 0 Å². The maximum atomic E-state index is 12.8. The molecule has 0 saturated heterocycles. The van der Waals surface area contributed by atoms with E-state index in [-0.39, 0.29) is 16.1 Å². The number of carbonyl (C=O) groups excluding carboxylic acids is 2. The molecule has 3 aromatic rings. The normalized spacial score (nSPS) is 17.5. The summed E-state index contributed by atoms with van der Waals surface area (Å²) in [5.74, 6) is -1.12. The first-order valence-corrected chi connectivity index (χ1v) is 11.9. The molecule has 3 aromatic carbocycles. The largest absolute Gasteiger partial charge is 0.375 e. The monoisotopic (exact) mass is 514 g/mol. The summed E-state index contributed by atoms with van der Waals surface area (Å²) in [5, 5.41) is 13.6. The Kier molecular flexibility index (Phi) is 5.66. The number of fused-ring (bicyclic) bond motifs is 1. The molecule has 3 N–H and O–H groups in total. The maximum absolute atomic E-state index is 12.8. The van der Waals surface area contributed by atoms with Crippen molar-refractivity contribution in [3.05, 3.63) is 87.9 Å². The van der Waals surface area contributed by atoms with E-state index < -0.39 is 33.7 Å². The van der Waals surface area contributed by atoms with Crippen LogP contribution in [-0.2, 0) is 20.4 Å². The average Bonchev–Trinajstić information content (AvgIpc) is 2.98. The molecule has 1 atom stereocenters. The van der Waals surface area contributed by atoms with Crippen LogP contribution in [0.25, 0.3) is 0 Å². The zero-order valence-electron chi connectivity index (χ0n) is 16.9. The van der Waals surface area contributed by atoms with Crippen LogP contribution in [0.2, 0.25) is 0 Å². The molecule has 0 aliphatic carbocycles. The first-order valence-electron chi connectivity index (χ1n) is 9.65. The summed E-state index contributed by atoms with van der Waals surface area (Å²) in [5.41, 5.74) is 0.269. The van der Waals surface area contributed by atoms with Gasteiger partial charge >= 0.3 is 0 Å².